The van der Waals surface area contributed by atoms with E-state index in [4.69, 9.17) is 10.2 Å². The van der Waals surface area contributed by atoms with Crippen LogP contribution < -0.4 is 0 Å². The van der Waals surface area contributed by atoms with Crippen LogP contribution in [0, 0.1) is 18.3 Å². The molecular formula is C17H22N4. The largest absolute Gasteiger partial charge is 0.326 e. The highest BCUT2D eigenvalue weighted by atomic mass is 15.2. The Morgan fingerprint density at radius 3 is 2.81 bits per heavy atom. The maximum absolute atomic E-state index is 8.93. The molecular weight excluding hydrogens is 260 g/mol. The summed E-state index contributed by atoms with van der Waals surface area (Å²) in [5.41, 5.74) is 3.43. The van der Waals surface area contributed by atoms with Crippen molar-refractivity contribution in [2.75, 3.05) is 13.1 Å². The number of likely N-dealkylation sites (tertiary alicyclic amines) is 1. The summed E-state index contributed by atoms with van der Waals surface area (Å²) in [6, 6.07) is 8.97. The molecule has 1 saturated heterocycles. The summed E-state index contributed by atoms with van der Waals surface area (Å²) in [5.74, 6) is 1.10. The lowest BCUT2D eigenvalue weighted by atomic mass is 10.2. The van der Waals surface area contributed by atoms with Gasteiger partial charge < -0.3 is 4.57 Å². The Balaban J connectivity index is 2.04. The molecule has 1 aromatic heterocycles. The third kappa shape index (κ3) is 2.66. The molecule has 1 aromatic carbocycles. The Bertz CT molecular complexity index is 674. The molecule has 4 heteroatoms. The molecule has 1 atom stereocenters. The molecule has 1 unspecified atom stereocenters. The summed E-state index contributed by atoms with van der Waals surface area (Å²) in [7, 11) is 0. The van der Waals surface area contributed by atoms with Crippen LogP contribution >= 0.6 is 0 Å². The fourth-order valence-electron chi connectivity index (χ4n) is 3.27. The van der Waals surface area contributed by atoms with Crippen molar-refractivity contribution in [1.82, 2.24) is 14.5 Å². The van der Waals surface area contributed by atoms with Gasteiger partial charge in [0.2, 0.25) is 0 Å². The number of nitrogens with zero attached hydrogens (tertiary/aromatic N) is 4. The number of rotatable bonds is 4. The van der Waals surface area contributed by atoms with E-state index < -0.39 is 0 Å². The van der Waals surface area contributed by atoms with Gasteiger partial charge in [-0.3, -0.25) is 4.90 Å². The number of fused-ring (bicyclic) bond motifs is 1. The summed E-state index contributed by atoms with van der Waals surface area (Å²) >= 11 is 0. The van der Waals surface area contributed by atoms with Crippen molar-refractivity contribution in [2.45, 2.75) is 45.7 Å². The van der Waals surface area contributed by atoms with Gasteiger partial charge in [-0.15, -0.1) is 0 Å². The van der Waals surface area contributed by atoms with Gasteiger partial charge >= 0.3 is 0 Å². The predicted molar refractivity (Wildman–Crippen MR) is 83.9 cm³/mol. The summed E-state index contributed by atoms with van der Waals surface area (Å²) in [6.45, 7) is 7.37. The van der Waals surface area contributed by atoms with Gasteiger partial charge in [0.05, 0.1) is 29.6 Å². The van der Waals surface area contributed by atoms with E-state index in [0.29, 0.717) is 12.5 Å². The molecule has 3 rings (SSSR count). The summed E-state index contributed by atoms with van der Waals surface area (Å²) in [4.78, 5) is 7.38. The molecule has 0 radical (unpaired) electrons. The van der Waals surface area contributed by atoms with E-state index in [1.54, 1.807) is 0 Å². The third-order valence-electron chi connectivity index (χ3n) is 4.44. The first-order chi connectivity index (χ1) is 10.2. The van der Waals surface area contributed by atoms with Crippen LogP contribution in [-0.2, 0) is 6.54 Å². The molecule has 2 heterocycles. The highest BCUT2D eigenvalue weighted by Gasteiger charge is 2.24. The Labute approximate surface area is 126 Å². The fourth-order valence-corrected chi connectivity index (χ4v) is 3.27. The second-order valence-electron chi connectivity index (χ2n) is 5.94. The summed E-state index contributed by atoms with van der Waals surface area (Å²) < 4.78 is 2.24. The Kier molecular flexibility index (Phi) is 3.94. The van der Waals surface area contributed by atoms with Gasteiger partial charge in [-0.25, -0.2) is 4.98 Å². The van der Waals surface area contributed by atoms with Gasteiger partial charge in [-0.1, -0.05) is 6.07 Å². The first-order valence-corrected chi connectivity index (χ1v) is 7.78. The molecule has 21 heavy (non-hydrogen) atoms. The van der Waals surface area contributed by atoms with E-state index in [2.05, 4.69) is 47.6 Å². The second kappa shape index (κ2) is 5.87. The molecule has 0 amide bonds. The van der Waals surface area contributed by atoms with Crippen molar-refractivity contribution in [1.29, 1.82) is 5.26 Å². The molecule has 110 valence electrons. The van der Waals surface area contributed by atoms with E-state index in [-0.39, 0.29) is 0 Å². The average molecular weight is 282 g/mol. The Hall–Kier alpha value is -1.86. The van der Waals surface area contributed by atoms with Crippen LogP contribution in [0.4, 0.5) is 0 Å². The third-order valence-corrected chi connectivity index (χ3v) is 4.44. The lowest BCUT2D eigenvalue weighted by Crippen LogP contribution is -2.26. The molecule has 0 aliphatic carbocycles. The molecule has 2 aromatic rings. The lowest BCUT2D eigenvalue weighted by Gasteiger charge is -2.24. The van der Waals surface area contributed by atoms with Crippen molar-refractivity contribution in [3.05, 3.63) is 29.6 Å². The number of nitriles is 1. The zero-order valence-corrected chi connectivity index (χ0v) is 12.8. The van der Waals surface area contributed by atoms with Crippen molar-refractivity contribution in [2.24, 2.45) is 0 Å². The van der Waals surface area contributed by atoms with Gasteiger partial charge in [0, 0.05) is 6.54 Å². The number of aryl methyl sites for hydroxylation is 2. The minimum absolute atomic E-state index is 0.318. The van der Waals surface area contributed by atoms with Crippen LogP contribution in [0.5, 0.6) is 0 Å². The topological polar surface area (TPSA) is 44.9 Å². The highest BCUT2D eigenvalue weighted by Crippen LogP contribution is 2.28. The molecule has 0 N–H and O–H groups in total. The number of aromatic nitrogens is 2. The van der Waals surface area contributed by atoms with Crippen LogP contribution in [0.15, 0.2) is 18.2 Å². The van der Waals surface area contributed by atoms with Gasteiger partial charge in [-0.2, -0.15) is 5.26 Å². The number of benzene rings is 1. The number of imidazole rings is 1. The van der Waals surface area contributed by atoms with Crippen molar-refractivity contribution in [3.63, 3.8) is 0 Å². The maximum atomic E-state index is 8.93. The van der Waals surface area contributed by atoms with Gasteiger partial charge in [0.25, 0.3) is 0 Å². The number of hydrogen-bond donors (Lipinski definition) is 0. The molecule has 0 spiro atoms. The number of hydrogen-bond acceptors (Lipinski definition) is 3. The summed E-state index contributed by atoms with van der Waals surface area (Å²) in [6.07, 6.45) is 3.09. The lowest BCUT2D eigenvalue weighted by molar-refractivity contribution is 0.248. The van der Waals surface area contributed by atoms with E-state index >= 15 is 0 Å². The van der Waals surface area contributed by atoms with E-state index in [9.17, 15) is 0 Å². The first kappa shape index (κ1) is 14.1. The second-order valence-corrected chi connectivity index (χ2v) is 5.94. The smallest absolute Gasteiger partial charge is 0.127 e. The first-order valence-electron chi connectivity index (χ1n) is 7.78. The van der Waals surface area contributed by atoms with Crippen LogP contribution in [0.1, 0.15) is 43.6 Å². The van der Waals surface area contributed by atoms with Crippen LogP contribution in [-0.4, -0.2) is 27.5 Å². The Morgan fingerprint density at radius 1 is 1.33 bits per heavy atom. The molecule has 0 saturated carbocycles. The normalized spacial score (nSPS) is 17.2. The van der Waals surface area contributed by atoms with E-state index in [1.165, 1.54) is 18.4 Å². The van der Waals surface area contributed by atoms with Gasteiger partial charge in [-0.05, 0) is 57.5 Å². The average Bonchev–Trinajstić information content (AvgIpc) is 3.11. The molecule has 1 fully saturated rings. The minimum atomic E-state index is 0.318. The van der Waals surface area contributed by atoms with Crippen molar-refractivity contribution < 1.29 is 0 Å². The molecule has 1 aliphatic rings. The predicted octanol–water partition coefficient (Wildman–Crippen LogP) is 3.42. The molecule has 0 bridgehead atoms. The molecule has 4 nitrogen and oxygen atoms in total. The van der Waals surface area contributed by atoms with Crippen LogP contribution in [0.25, 0.3) is 11.0 Å². The standard InChI is InChI=1S/C17H22N4/c1-13-6-7-16-15(12-13)19-17(21(16)11-5-8-18)14(2)20-9-3-4-10-20/h6-7,12,14H,3-5,9-11H2,1-2H3. The van der Waals surface area contributed by atoms with Gasteiger partial charge in [0.15, 0.2) is 0 Å². The monoisotopic (exact) mass is 282 g/mol. The van der Waals surface area contributed by atoms with E-state index in [0.717, 1.165) is 36.5 Å². The quantitative estimate of drug-likeness (QED) is 0.863. The maximum Gasteiger partial charge on any atom is 0.127 e. The van der Waals surface area contributed by atoms with Crippen molar-refractivity contribution in [3.8, 4) is 6.07 Å². The van der Waals surface area contributed by atoms with Crippen LogP contribution in [0.3, 0.4) is 0 Å². The zero-order valence-electron chi connectivity index (χ0n) is 12.8. The minimum Gasteiger partial charge on any atom is -0.326 e. The SMILES string of the molecule is Cc1ccc2c(c1)nc(C(C)N1CCCC1)n2CCC#N. The molecule has 1 aliphatic heterocycles. The fraction of sp³-hybridized carbons (Fsp3) is 0.529. The Morgan fingerprint density at radius 2 is 2.10 bits per heavy atom. The summed E-state index contributed by atoms with van der Waals surface area (Å²) in [5, 5.41) is 8.93. The highest BCUT2D eigenvalue weighted by molar-refractivity contribution is 5.77. The van der Waals surface area contributed by atoms with Gasteiger partial charge in [0.1, 0.15) is 5.82 Å². The van der Waals surface area contributed by atoms with E-state index in [1.807, 2.05) is 0 Å². The van der Waals surface area contributed by atoms with Crippen LogP contribution in [0.2, 0.25) is 0 Å². The van der Waals surface area contributed by atoms with Crippen molar-refractivity contribution >= 4 is 11.0 Å². The zero-order chi connectivity index (χ0) is 14.8.